The lowest BCUT2D eigenvalue weighted by molar-refractivity contribution is -0.141. The highest BCUT2D eigenvalue weighted by Crippen LogP contribution is 2.56. The Bertz CT molecular complexity index is 609. The average Bonchev–Trinajstić information content (AvgIpc) is 2.97. The molecule has 4 rings (SSSR count). The van der Waals surface area contributed by atoms with Gasteiger partial charge in [-0.15, -0.1) is 0 Å². The third-order valence-electron chi connectivity index (χ3n) is 6.37. The lowest BCUT2D eigenvalue weighted by atomic mass is 9.66. The molecule has 3 nitrogen and oxygen atoms in total. The SMILES string of the molecule is COc1ccc2c(c1)CCC(C1CC[C@H]3OC(=O)C[C@@]13C)C2. The first-order valence-electron chi connectivity index (χ1n) is 8.45. The van der Waals surface area contributed by atoms with Crippen molar-refractivity contribution in [2.45, 2.75) is 51.6 Å². The van der Waals surface area contributed by atoms with Crippen molar-refractivity contribution >= 4 is 5.97 Å². The summed E-state index contributed by atoms with van der Waals surface area (Å²) < 4.78 is 10.9. The summed E-state index contributed by atoms with van der Waals surface area (Å²) in [4.78, 5) is 11.7. The first-order chi connectivity index (χ1) is 10.6. The second kappa shape index (κ2) is 5.00. The van der Waals surface area contributed by atoms with E-state index in [-0.39, 0.29) is 17.5 Å². The Morgan fingerprint density at radius 3 is 2.91 bits per heavy atom. The van der Waals surface area contributed by atoms with Crippen molar-refractivity contribution in [2.24, 2.45) is 17.3 Å². The van der Waals surface area contributed by atoms with Gasteiger partial charge in [-0.1, -0.05) is 13.0 Å². The smallest absolute Gasteiger partial charge is 0.306 e. The largest absolute Gasteiger partial charge is 0.497 e. The molecule has 1 saturated carbocycles. The Labute approximate surface area is 132 Å². The molecule has 0 bridgehead atoms. The molecule has 1 aliphatic heterocycles. The van der Waals surface area contributed by atoms with E-state index in [4.69, 9.17) is 9.47 Å². The van der Waals surface area contributed by atoms with Crippen LogP contribution < -0.4 is 4.74 Å². The van der Waals surface area contributed by atoms with E-state index < -0.39 is 0 Å². The maximum Gasteiger partial charge on any atom is 0.306 e. The Balaban J connectivity index is 1.56. The molecule has 2 fully saturated rings. The summed E-state index contributed by atoms with van der Waals surface area (Å²) in [6.07, 6.45) is 6.55. The first kappa shape index (κ1) is 14.1. The van der Waals surface area contributed by atoms with Crippen LogP contribution in [0.3, 0.4) is 0 Å². The van der Waals surface area contributed by atoms with Gasteiger partial charge in [-0.05, 0) is 67.2 Å². The standard InChI is InChI=1S/C19H24O3/c1-19-11-18(20)22-17(19)8-7-16(19)14-4-3-13-10-15(21-2)6-5-12(13)9-14/h5-6,10,14,16-17H,3-4,7-9,11H2,1-2H3/t14?,16?,17-,19+/m1/s1. The van der Waals surface area contributed by atoms with Gasteiger partial charge in [-0.3, -0.25) is 4.79 Å². The van der Waals surface area contributed by atoms with Gasteiger partial charge < -0.3 is 9.47 Å². The van der Waals surface area contributed by atoms with Gasteiger partial charge in [0.2, 0.25) is 0 Å². The molecule has 118 valence electrons. The van der Waals surface area contributed by atoms with Gasteiger partial charge in [0, 0.05) is 5.41 Å². The molecule has 1 aromatic carbocycles. The predicted molar refractivity (Wildman–Crippen MR) is 83.8 cm³/mol. The van der Waals surface area contributed by atoms with Gasteiger partial charge in [0.25, 0.3) is 0 Å². The van der Waals surface area contributed by atoms with Crippen molar-refractivity contribution in [3.63, 3.8) is 0 Å². The van der Waals surface area contributed by atoms with Crippen LogP contribution in [0, 0.1) is 17.3 Å². The van der Waals surface area contributed by atoms with Crippen molar-refractivity contribution in [3.8, 4) is 5.75 Å². The monoisotopic (exact) mass is 300 g/mol. The maximum atomic E-state index is 11.7. The van der Waals surface area contributed by atoms with Crippen molar-refractivity contribution in [1.82, 2.24) is 0 Å². The zero-order valence-corrected chi connectivity index (χ0v) is 13.4. The van der Waals surface area contributed by atoms with Crippen molar-refractivity contribution in [3.05, 3.63) is 29.3 Å². The van der Waals surface area contributed by atoms with Crippen LogP contribution in [0.5, 0.6) is 5.75 Å². The molecule has 0 spiro atoms. The Morgan fingerprint density at radius 2 is 2.09 bits per heavy atom. The molecule has 0 aromatic heterocycles. The predicted octanol–water partition coefficient (Wildman–Crippen LogP) is 3.53. The van der Waals surface area contributed by atoms with Crippen LogP contribution in [0.2, 0.25) is 0 Å². The summed E-state index contributed by atoms with van der Waals surface area (Å²) in [6.45, 7) is 2.28. The average molecular weight is 300 g/mol. The van der Waals surface area contributed by atoms with E-state index in [0.717, 1.165) is 25.0 Å². The molecule has 1 saturated heterocycles. The molecule has 22 heavy (non-hydrogen) atoms. The quantitative estimate of drug-likeness (QED) is 0.784. The fraction of sp³-hybridized carbons (Fsp3) is 0.632. The van der Waals surface area contributed by atoms with Crippen LogP contribution in [0.1, 0.15) is 43.7 Å². The third kappa shape index (κ3) is 2.05. The van der Waals surface area contributed by atoms with Crippen LogP contribution in [0.25, 0.3) is 0 Å². The molecule has 3 aliphatic rings. The number of aryl methyl sites for hydroxylation is 1. The first-order valence-corrected chi connectivity index (χ1v) is 8.45. The van der Waals surface area contributed by atoms with Crippen molar-refractivity contribution in [1.29, 1.82) is 0 Å². The molecule has 2 aliphatic carbocycles. The van der Waals surface area contributed by atoms with Gasteiger partial charge in [-0.25, -0.2) is 0 Å². The zero-order valence-electron chi connectivity index (χ0n) is 13.4. The van der Waals surface area contributed by atoms with Gasteiger partial charge in [0.15, 0.2) is 0 Å². The maximum absolute atomic E-state index is 11.7. The fourth-order valence-electron chi connectivity index (χ4n) is 5.18. The number of ether oxygens (including phenoxy) is 2. The molecule has 0 N–H and O–H groups in total. The summed E-state index contributed by atoms with van der Waals surface area (Å²) in [5.74, 6) is 2.28. The Hall–Kier alpha value is -1.51. The number of hydrogen-bond acceptors (Lipinski definition) is 3. The number of esters is 1. The third-order valence-corrected chi connectivity index (χ3v) is 6.37. The molecule has 0 amide bonds. The number of rotatable bonds is 2. The summed E-state index contributed by atoms with van der Waals surface area (Å²) in [6, 6.07) is 6.49. The highest BCUT2D eigenvalue weighted by atomic mass is 16.6. The number of carbonyl (C=O) groups excluding carboxylic acids is 1. The molecule has 0 radical (unpaired) electrons. The number of fused-ring (bicyclic) bond motifs is 2. The summed E-state index contributed by atoms with van der Waals surface area (Å²) in [5.41, 5.74) is 2.98. The van der Waals surface area contributed by atoms with E-state index in [0.29, 0.717) is 18.3 Å². The van der Waals surface area contributed by atoms with Crippen LogP contribution in [0.4, 0.5) is 0 Å². The van der Waals surface area contributed by atoms with E-state index >= 15 is 0 Å². The van der Waals surface area contributed by atoms with E-state index in [1.165, 1.54) is 24.0 Å². The molecular weight excluding hydrogens is 276 g/mol. The summed E-state index contributed by atoms with van der Waals surface area (Å²) in [7, 11) is 1.73. The van der Waals surface area contributed by atoms with Crippen molar-refractivity contribution in [2.75, 3.05) is 7.11 Å². The summed E-state index contributed by atoms with van der Waals surface area (Å²) in [5, 5.41) is 0. The molecule has 1 aromatic rings. The van der Waals surface area contributed by atoms with E-state index in [9.17, 15) is 4.79 Å². The van der Waals surface area contributed by atoms with Crippen LogP contribution in [-0.4, -0.2) is 19.2 Å². The minimum atomic E-state index is 0.0122. The normalized spacial score (nSPS) is 36.6. The van der Waals surface area contributed by atoms with Gasteiger partial charge >= 0.3 is 5.97 Å². The molecular formula is C19H24O3. The van der Waals surface area contributed by atoms with Crippen LogP contribution in [0.15, 0.2) is 18.2 Å². The van der Waals surface area contributed by atoms with Crippen LogP contribution in [-0.2, 0) is 22.4 Å². The van der Waals surface area contributed by atoms with Gasteiger partial charge in [0.05, 0.1) is 13.5 Å². The molecule has 4 atom stereocenters. The lowest BCUT2D eigenvalue weighted by Gasteiger charge is -2.37. The van der Waals surface area contributed by atoms with Gasteiger partial charge in [-0.2, -0.15) is 0 Å². The second-order valence-corrected chi connectivity index (χ2v) is 7.48. The second-order valence-electron chi connectivity index (χ2n) is 7.48. The number of benzene rings is 1. The summed E-state index contributed by atoms with van der Waals surface area (Å²) >= 11 is 0. The van der Waals surface area contributed by atoms with E-state index in [1.807, 2.05) is 0 Å². The minimum Gasteiger partial charge on any atom is -0.497 e. The Kier molecular flexibility index (Phi) is 3.21. The van der Waals surface area contributed by atoms with Gasteiger partial charge in [0.1, 0.15) is 11.9 Å². The molecule has 1 heterocycles. The minimum absolute atomic E-state index is 0.0122. The van der Waals surface area contributed by atoms with Crippen LogP contribution >= 0.6 is 0 Å². The lowest BCUT2D eigenvalue weighted by Crippen LogP contribution is -2.35. The molecule has 3 heteroatoms. The fourth-order valence-corrected chi connectivity index (χ4v) is 5.18. The number of hydrogen-bond donors (Lipinski definition) is 0. The van der Waals surface area contributed by atoms with E-state index in [1.54, 1.807) is 7.11 Å². The number of methoxy groups -OCH3 is 1. The van der Waals surface area contributed by atoms with Crippen molar-refractivity contribution < 1.29 is 14.3 Å². The van der Waals surface area contributed by atoms with E-state index in [2.05, 4.69) is 25.1 Å². The highest BCUT2D eigenvalue weighted by molar-refractivity contribution is 5.73. The highest BCUT2D eigenvalue weighted by Gasteiger charge is 2.56. The Morgan fingerprint density at radius 1 is 1.23 bits per heavy atom. The zero-order chi connectivity index (χ0) is 15.3. The topological polar surface area (TPSA) is 35.5 Å². The molecule has 2 unspecified atom stereocenters. The number of carbonyl (C=O) groups is 1.